The highest BCUT2D eigenvalue weighted by Gasteiger charge is 2.23. The molecule has 5 rings (SSSR count). The van der Waals surface area contributed by atoms with Gasteiger partial charge in [-0.2, -0.15) is 0 Å². The van der Waals surface area contributed by atoms with Crippen LogP contribution in [0.2, 0.25) is 0 Å². The smallest absolute Gasteiger partial charge is 0.151 e. The molecule has 2 aromatic heterocycles. The lowest BCUT2D eigenvalue weighted by Crippen LogP contribution is -2.44. The Bertz CT molecular complexity index is 1210. The van der Waals surface area contributed by atoms with Gasteiger partial charge in [-0.3, -0.25) is 4.57 Å². The van der Waals surface area contributed by atoms with Crippen LogP contribution >= 0.6 is 0 Å². The number of fused-ring (bicyclic) bond motifs is 3. The molecule has 0 amide bonds. The van der Waals surface area contributed by atoms with Crippen molar-refractivity contribution in [2.45, 2.75) is 27.7 Å². The molecular formula is C24H27N5. The van der Waals surface area contributed by atoms with Crippen LogP contribution in [0.15, 0.2) is 36.4 Å². The Balaban J connectivity index is 1.91. The van der Waals surface area contributed by atoms with Gasteiger partial charge in [-0.05, 0) is 44.9 Å². The van der Waals surface area contributed by atoms with Gasteiger partial charge in [0.05, 0.1) is 16.6 Å². The minimum absolute atomic E-state index is 0.817. The largest absolute Gasteiger partial charge is 0.353 e. The van der Waals surface area contributed by atoms with Gasteiger partial charge >= 0.3 is 0 Å². The lowest BCUT2D eigenvalue weighted by Gasteiger charge is -2.29. The fourth-order valence-corrected chi connectivity index (χ4v) is 4.80. The number of benzene rings is 2. The summed E-state index contributed by atoms with van der Waals surface area (Å²) in [4.78, 5) is 12.3. The topological polar surface area (TPSA) is 46.0 Å². The van der Waals surface area contributed by atoms with E-state index in [9.17, 15) is 0 Å². The Morgan fingerprint density at radius 1 is 0.897 bits per heavy atom. The third-order valence-corrected chi connectivity index (χ3v) is 5.88. The molecule has 148 valence electrons. The van der Waals surface area contributed by atoms with E-state index in [2.05, 4.69) is 72.0 Å². The average molecular weight is 386 g/mol. The molecule has 1 aliphatic rings. The highest BCUT2D eigenvalue weighted by molar-refractivity contribution is 6.13. The molecular weight excluding hydrogens is 358 g/mol. The Labute approximate surface area is 171 Å². The van der Waals surface area contributed by atoms with Gasteiger partial charge in [-0.25, -0.2) is 9.97 Å². The van der Waals surface area contributed by atoms with Crippen LogP contribution in [-0.4, -0.2) is 40.7 Å². The molecule has 0 unspecified atom stereocenters. The average Bonchev–Trinajstić information content (AvgIpc) is 3.01. The SMILES string of the molecule is Cc1cc(C)c(-n2c3ccccc3c3c(N4CCNCC4)nc(C)nc32)c(C)c1. The van der Waals surface area contributed by atoms with Gasteiger partial charge in [0.1, 0.15) is 11.6 Å². The monoisotopic (exact) mass is 385 g/mol. The Kier molecular flexibility index (Phi) is 4.28. The second kappa shape index (κ2) is 6.85. The van der Waals surface area contributed by atoms with Crippen LogP contribution in [-0.2, 0) is 0 Å². The van der Waals surface area contributed by atoms with Crippen LogP contribution in [0.4, 0.5) is 5.82 Å². The zero-order chi connectivity index (χ0) is 20.1. The lowest BCUT2D eigenvalue weighted by atomic mass is 10.0. The van der Waals surface area contributed by atoms with E-state index in [1.165, 1.54) is 33.3 Å². The number of hydrogen-bond donors (Lipinski definition) is 1. The van der Waals surface area contributed by atoms with E-state index in [0.29, 0.717) is 0 Å². The number of rotatable bonds is 2. The molecule has 0 aliphatic carbocycles. The Morgan fingerprint density at radius 2 is 1.59 bits per heavy atom. The van der Waals surface area contributed by atoms with E-state index in [1.54, 1.807) is 0 Å². The summed E-state index contributed by atoms with van der Waals surface area (Å²) in [5.41, 5.74) is 7.24. The standard InChI is InChI=1S/C24H27N5/c1-15-13-16(2)22(17(3)14-15)29-20-8-6-5-7-19(20)21-23(26-18(4)27-24(21)29)28-11-9-25-10-12-28/h5-8,13-14,25H,9-12H2,1-4H3. The minimum Gasteiger partial charge on any atom is -0.353 e. The van der Waals surface area contributed by atoms with E-state index in [1.807, 2.05) is 6.92 Å². The Morgan fingerprint density at radius 3 is 2.31 bits per heavy atom. The van der Waals surface area contributed by atoms with E-state index in [4.69, 9.17) is 9.97 Å². The van der Waals surface area contributed by atoms with E-state index in [0.717, 1.165) is 48.9 Å². The van der Waals surface area contributed by atoms with E-state index in [-0.39, 0.29) is 0 Å². The maximum atomic E-state index is 4.96. The van der Waals surface area contributed by atoms with Gasteiger partial charge in [-0.15, -0.1) is 0 Å². The zero-order valence-corrected chi connectivity index (χ0v) is 17.6. The molecule has 1 fully saturated rings. The van der Waals surface area contributed by atoms with Crippen LogP contribution in [0.25, 0.3) is 27.6 Å². The van der Waals surface area contributed by atoms with Crippen molar-refractivity contribution in [3.8, 4) is 5.69 Å². The van der Waals surface area contributed by atoms with Crippen LogP contribution in [0.3, 0.4) is 0 Å². The summed E-state index contributed by atoms with van der Waals surface area (Å²) in [6.45, 7) is 12.5. The molecule has 0 bridgehead atoms. The second-order valence-electron chi connectivity index (χ2n) is 8.13. The number of aryl methyl sites for hydroxylation is 4. The summed E-state index contributed by atoms with van der Waals surface area (Å²) in [5, 5.41) is 5.82. The fourth-order valence-electron chi connectivity index (χ4n) is 4.80. The molecule has 5 heteroatoms. The van der Waals surface area contributed by atoms with Crippen molar-refractivity contribution in [1.82, 2.24) is 19.9 Å². The molecule has 3 heterocycles. The Hall–Kier alpha value is -2.92. The molecule has 1 N–H and O–H groups in total. The number of nitrogens with zero attached hydrogens (tertiary/aromatic N) is 4. The van der Waals surface area contributed by atoms with Gasteiger partial charge in [0.2, 0.25) is 0 Å². The number of nitrogens with one attached hydrogen (secondary N) is 1. The highest BCUT2D eigenvalue weighted by Crippen LogP contribution is 2.37. The minimum atomic E-state index is 0.817. The predicted octanol–water partition coefficient (Wildman–Crippen LogP) is 4.22. The van der Waals surface area contributed by atoms with Crippen molar-refractivity contribution >= 4 is 27.8 Å². The van der Waals surface area contributed by atoms with Crippen LogP contribution in [0.1, 0.15) is 22.5 Å². The van der Waals surface area contributed by atoms with Crippen molar-refractivity contribution in [2.24, 2.45) is 0 Å². The van der Waals surface area contributed by atoms with Gasteiger partial charge in [0.15, 0.2) is 5.65 Å². The first-order chi connectivity index (χ1) is 14.0. The summed E-state index contributed by atoms with van der Waals surface area (Å²) < 4.78 is 2.34. The van der Waals surface area contributed by atoms with Gasteiger partial charge in [-0.1, -0.05) is 35.9 Å². The van der Waals surface area contributed by atoms with E-state index < -0.39 is 0 Å². The quantitative estimate of drug-likeness (QED) is 0.561. The lowest BCUT2D eigenvalue weighted by molar-refractivity contribution is 0.585. The molecule has 0 spiro atoms. The van der Waals surface area contributed by atoms with Crippen molar-refractivity contribution < 1.29 is 0 Å². The first kappa shape index (κ1) is 18.1. The maximum Gasteiger partial charge on any atom is 0.151 e. The normalized spacial score (nSPS) is 14.8. The first-order valence-corrected chi connectivity index (χ1v) is 10.4. The molecule has 29 heavy (non-hydrogen) atoms. The maximum absolute atomic E-state index is 4.96. The second-order valence-corrected chi connectivity index (χ2v) is 8.13. The molecule has 5 nitrogen and oxygen atoms in total. The molecule has 1 aliphatic heterocycles. The zero-order valence-electron chi connectivity index (χ0n) is 17.6. The van der Waals surface area contributed by atoms with Crippen LogP contribution in [0, 0.1) is 27.7 Å². The van der Waals surface area contributed by atoms with Crippen molar-refractivity contribution in [3.05, 3.63) is 58.9 Å². The summed E-state index contributed by atoms with van der Waals surface area (Å²) in [7, 11) is 0. The van der Waals surface area contributed by atoms with Crippen LogP contribution < -0.4 is 10.2 Å². The number of anilines is 1. The number of hydrogen-bond acceptors (Lipinski definition) is 4. The van der Waals surface area contributed by atoms with Gasteiger partial charge < -0.3 is 10.2 Å². The van der Waals surface area contributed by atoms with Crippen molar-refractivity contribution in [3.63, 3.8) is 0 Å². The summed E-state index contributed by atoms with van der Waals surface area (Å²) >= 11 is 0. The summed E-state index contributed by atoms with van der Waals surface area (Å²) in [5.74, 6) is 1.88. The fraction of sp³-hybridized carbons (Fsp3) is 0.333. The third kappa shape index (κ3) is 2.88. The number of aromatic nitrogens is 3. The molecule has 1 saturated heterocycles. The molecule has 0 saturated carbocycles. The molecule has 4 aromatic rings. The first-order valence-electron chi connectivity index (χ1n) is 10.4. The number of piperazine rings is 1. The molecule has 0 radical (unpaired) electrons. The van der Waals surface area contributed by atoms with Gasteiger partial charge in [0, 0.05) is 31.6 Å². The van der Waals surface area contributed by atoms with Crippen molar-refractivity contribution in [2.75, 3.05) is 31.1 Å². The molecule has 0 atom stereocenters. The summed E-state index contributed by atoms with van der Waals surface area (Å²) in [6.07, 6.45) is 0. The third-order valence-electron chi connectivity index (χ3n) is 5.88. The van der Waals surface area contributed by atoms with Crippen LogP contribution in [0.5, 0.6) is 0 Å². The highest BCUT2D eigenvalue weighted by atomic mass is 15.2. The predicted molar refractivity (Wildman–Crippen MR) is 120 cm³/mol. The summed E-state index contributed by atoms with van der Waals surface area (Å²) in [6, 6.07) is 13.1. The molecule has 2 aromatic carbocycles. The van der Waals surface area contributed by atoms with Gasteiger partial charge in [0.25, 0.3) is 0 Å². The van der Waals surface area contributed by atoms with Crippen molar-refractivity contribution in [1.29, 1.82) is 0 Å². The number of para-hydroxylation sites is 1. The van der Waals surface area contributed by atoms with E-state index >= 15 is 0 Å².